The van der Waals surface area contributed by atoms with Crippen molar-refractivity contribution in [3.8, 4) is 0 Å². The lowest BCUT2D eigenvalue weighted by Gasteiger charge is -2.31. The zero-order valence-electron chi connectivity index (χ0n) is 14.4. The number of allylic oxidation sites excluding steroid dienone is 2. The van der Waals surface area contributed by atoms with E-state index in [-0.39, 0.29) is 0 Å². The minimum atomic E-state index is 0.581. The maximum Gasteiger partial charge on any atom is 0.0575 e. The Hall–Kier alpha value is -0.300. The molecule has 21 heavy (non-hydrogen) atoms. The van der Waals surface area contributed by atoms with E-state index in [4.69, 9.17) is 4.74 Å². The zero-order chi connectivity index (χ0) is 14.9. The van der Waals surface area contributed by atoms with E-state index in [0.717, 1.165) is 30.8 Å². The van der Waals surface area contributed by atoms with Crippen molar-refractivity contribution in [2.24, 2.45) is 17.8 Å². The first-order valence-corrected chi connectivity index (χ1v) is 9.56. The van der Waals surface area contributed by atoms with Crippen LogP contribution in [0.25, 0.3) is 0 Å². The first-order valence-electron chi connectivity index (χ1n) is 9.56. The van der Waals surface area contributed by atoms with Gasteiger partial charge in [0.25, 0.3) is 0 Å². The van der Waals surface area contributed by atoms with Crippen LogP contribution in [0, 0.1) is 17.8 Å². The van der Waals surface area contributed by atoms with Crippen LogP contribution in [0.1, 0.15) is 84.5 Å². The Morgan fingerprint density at radius 1 is 0.857 bits per heavy atom. The Balaban J connectivity index is 1.56. The first-order chi connectivity index (χ1) is 10.3. The SMILES string of the molecule is CC=CC1CCC(CCC2CCC(OCCC)CC2)CC1. The molecule has 0 radical (unpaired) electrons. The summed E-state index contributed by atoms with van der Waals surface area (Å²) in [6, 6.07) is 0. The second kappa shape index (κ2) is 9.66. The Bertz CT molecular complexity index is 280. The summed E-state index contributed by atoms with van der Waals surface area (Å²) in [5.74, 6) is 2.91. The van der Waals surface area contributed by atoms with E-state index < -0.39 is 0 Å². The summed E-state index contributed by atoms with van der Waals surface area (Å²) in [6.07, 6.45) is 20.7. The third-order valence-corrected chi connectivity index (χ3v) is 5.69. The second-order valence-corrected chi connectivity index (χ2v) is 7.40. The highest BCUT2D eigenvalue weighted by atomic mass is 16.5. The van der Waals surface area contributed by atoms with Gasteiger partial charge in [-0.25, -0.2) is 0 Å². The molecular weight excluding hydrogens is 256 g/mol. The molecule has 1 nitrogen and oxygen atoms in total. The van der Waals surface area contributed by atoms with E-state index in [1.165, 1.54) is 64.2 Å². The molecule has 1 heteroatoms. The van der Waals surface area contributed by atoms with E-state index in [9.17, 15) is 0 Å². The average Bonchev–Trinajstić information content (AvgIpc) is 2.53. The maximum absolute atomic E-state index is 5.90. The van der Waals surface area contributed by atoms with E-state index in [0.29, 0.717) is 6.10 Å². The van der Waals surface area contributed by atoms with Gasteiger partial charge in [0.1, 0.15) is 0 Å². The smallest absolute Gasteiger partial charge is 0.0575 e. The van der Waals surface area contributed by atoms with Gasteiger partial charge in [0.2, 0.25) is 0 Å². The third kappa shape index (κ3) is 6.14. The van der Waals surface area contributed by atoms with E-state index in [2.05, 4.69) is 26.0 Å². The highest BCUT2D eigenvalue weighted by Gasteiger charge is 2.24. The number of rotatable bonds is 7. The summed E-state index contributed by atoms with van der Waals surface area (Å²) >= 11 is 0. The van der Waals surface area contributed by atoms with Crippen LogP contribution in [-0.4, -0.2) is 12.7 Å². The van der Waals surface area contributed by atoms with Crippen LogP contribution < -0.4 is 0 Å². The monoisotopic (exact) mass is 292 g/mol. The van der Waals surface area contributed by atoms with Crippen LogP contribution in [0.4, 0.5) is 0 Å². The van der Waals surface area contributed by atoms with E-state index >= 15 is 0 Å². The predicted molar refractivity (Wildman–Crippen MR) is 91.5 cm³/mol. The van der Waals surface area contributed by atoms with Gasteiger partial charge in [-0.2, -0.15) is 0 Å². The van der Waals surface area contributed by atoms with Gasteiger partial charge in [0.15, 0.2) is 0 Å². The lowest BCUT2D eigenvalue weighted by molar-refractivity contribution is 0.0168. The molecule has 2 fully saturated rings. The molecular formula is C20H36O. The normalized spacial score (nSPS) is 34.4. The van der Waals surface area contributed by atoms with Crippen molar-refractivity contribution in [1.82, 2.24) is 0 Å². The summed E-state index contributed by atoms with van der Waals surface area (Å²) in [5, 5.41) is 0. The minimum Gasteiger partial charge on any atom is -0.378 e. The second-order valence-electron chi connectivity index (χ2n) is 7.40. The number of ether oxygens (including phenoxy) is 1. The summed E-state index contributed by atoms with van der Waals surface area (Å²) in [6.45, 7) is 5.33. The molecule has 2 rings (SSSR count). The molecule has 0 saturated heterocycles. The fraction of sp³-hybridized carbons (Fsp3) is 0.900. The van der Waals surface area contributed by atoms with Gasteiger partial charge in [-0.05, 0) is 82.5 Å². The van der Waals surface area contributed by atoms with E-state index in [1.807, 2.05) is 0 Å². The van der Waals surface area contributed by atoms with Gasteiger partial charge in [-0.1, -0.05) is 31.9 Å². The van der Waals surface area contributed by atoms with Crippen molar-refractivity contribution in [2.75, 3.05) is 6.61 Å². The quantitative estimate of drug-likeness (QED) is 0.512. The molecule has 0 aromatic rings. The van der Waals surface area contributed by atoms with Crippen molar-refractivity contribution in [3.63, 3.8) is 0 Å². The summed E-state index contributed by atoms with van der Waals surface area (Å²) in [7, 11) is 0. The zero-order valence-corrected chi connectivity index (χ0v) is 14.4. The molecule has 0 aromatic carbocycles. The molecule has 2 saturated carbocycles. The van der Waals surface area contributed by atoms with Crippen LogP contribution in [0.15, 0.2) is 12.2 Å². The Kier molecular flexibility index (Phi) is 7.85. The summed E-state index contributed by atoms with van der Waals surface area (Å²) < 4.78 is 5.90. The van der Waals surface area contributed by atoms with Crippen molar-refractivity contribution in [2.45, 2.75) is 90.6 Å². The van der Waals surface area contributed by atoms with Crippen LogP contribution in [0.5, 0.6) is 0 Å². The molecule has 0 heterocycles. The molecule has 0 amide bonds. The minimum absolute atomic E-state index is 0.581. The van der Waals surface area contributed by atoms with E-state index in [1.54, 1.807) is 0 Å². The topological polar surface area (TPSA) is 9.23 Å². The molecule has 0 aliphatic heterocycles. The summed E-state index contributed by atoms with van der Waals surface area (Å²) in [4.78, 5) is 0. The fourth-order valence-corrected chi connectivity index (χ4v) is 4.28. The largest absolute Gasteiger partial charge is 0.378 e. The lowest BCUT2D eigenvalue weighted by Crippen LogP contribution is -2.22. The molecule has 0 N–H and O–H groups in total. The van der Waals surface area contributed by atoms with Crippen molar-refractivity contribution in [1.29, 1.82) is 0 Å². The molecule has 122 valence electrons. The molecule has 2 aliphatic carbocycles. The Morgan fingerprint density at radius 2 is 1.43 bits per heavy atom. The van der Waals surface area contributed by atoms with Gasteiger partial charge in [0.05, 0.1) is 6.10 Å². The van der Waals surface area contributed by atoms with Crippen molar-refractivity contribution < 1.29 is 4.74 Å². The first kappa shape index (κ1) is 17.1. The van der Waals surface area contributed by atoms with Crippen molar-refractivity contribution in [3.05, 3.63) is 12.2 Å². The lowest BCUT2D eigenvalue weighted by atomic mass is 9.77. The Labute approximate surface area is 132 Å². The fourth-order valence-electron chi connectivity index (χ4n) is 4.28. The van der Waals surface area contributed by atoms with Crippen LogP contribution in [0.3, 0.4) is 0 Å². The van der Waals surface area contributed by atoms with Crippen LogP contribution in [0.2, 0.25) is 0 Å². The van der Waals surface area contributed by atoms with Crippen LogP contribution >= 0.6 is 0 Å². The molecule has 0 unspecified atom stereocenters. The standard InChI is InChI=1S/C20H36O/c1-3-5-17-6-8-18(9-7-17)10-11-19-12-14-20(15-13-19)21-16-4-2/h3,5,17-20H,4,6-16H2,1-2H3. The molecule has 2 aliphatic rings. The molecule has 0 spiro atoms. The number of hydrogen-bond donors (Lipinski definition) is 0. The van der Waals surface area contributed by atoms with Gasteiger partial charge in [-0.15, -0.1) is 0 Å². The average molecular weight is 293 g/mol. The molecule has 0 aromatic heterocycles. The van der Waals surface area contributed by atoms with Gasteiger partial charge >= 0.3 is 0 Å². The van der Waals surface area contributed by atoms with Gasteiger partial charge in [-0.3, -0.25) is 0 Å². The molecule has 0 bridgehead atoms. The van der Waals surface area contributed by atoms with Gasteiger partial charge < -0.3 is 4.74 Å². The maximum atomic E-state index is 5.90. The predicted octanol–water partition coefficient (Wildman–Crippen LogP) is 6.13. The molecule has 0 atom stereocenters. The van der Waals surface area contributed by atoms with Crippen molar-refractivity contribution >= 4 is 0 Å². The highest BCUT2D eigenvalue weighted by molar-refractivity contribution is 4.89. The third-order valence-electron chi connectivity index (χ3n) is 5.69. The Morgan fingerprint density at radius 3 is 1.95 bits per heavy atom. The number of hydrogen-bond acceptors (Lipinski definition) is 1. The van der Waals surface area contributed by atoms with Crippen LogP contribution in [-0.2, 0) is 4.74 Å². The summed E-state index contributed by atoms with van der Waals surface area (Å²) in [5.41, 5.74) is 0. The van der Waals surface area contributed by atoms with Gasteiger partial charge in [0, 0.05) is 6.61 Å². The highest BCUT2D eigenvalue weighted by Crippen LogP contribution is 2.36.